The van der Waals surface area contributed by atoms with Crippen LogP contribution in [0.3, 0.4) is 0 Å². The summed E-state index contributed by atoms with van der Waals surface area (Å²) in [5, 5.41) is 8.63. The van der Waals surface area contributed by atoms with Gasteiger partial charge in [-0.05, 0) is 42.3 Å². The van der Waals surface area contributed by atoms with Crippen LogP contribution in [0.15, 0.2) is 42.7 Å². The number of carbonyl (C=O) groups excluding carboxylic acids is 1. The van der Waals surface area contributed by atoms with E-state index in [2.05, 4.69) is 4.98 Å². The van der Waals surface area contributed by atoms with Crippen molar-refractivity contribution in [1.82, 2.24) is 4.98 Å². The van der Waals surface area contributed by atoms with Crippen molar-refractivity contribution in [3.8, 4) is 0 Å². The molecule has 5 heteroatoms. The number of aryl methyl sites for hydroxylation is 1. The minimum absolute atomic E-state index is 0.0542. The number of carboxylic acids is 1. The zero-order valence-corrected chi connectivity index (χ0v) is 10.5. The van der Waals surface area contributed by atoms with Crippen molar-refractivity contribution < 1.29 is 19.1 Å². The number of hydrogen-bond donors (Lipinski definition) is 1. The maximum absolute atomic E-state index is 13.6. The van der Waals surface area contributed by atoms with Crippen molar-refractivity contribution in [1.29, 1.82) is 0 Å². The Morgan fingerprint density at radius 1 is 1.10 bits per heavy atom. The summed E-state index contributed by atoms with van der Waals surface area (Å²) < 4.78 is 13.6. The molecule has 1 aromatic heterocycles. The molecule has 2 rings (SSSR count). The second-order valence-corrected chi connectivity index (χ2v) is 4.26. The highest BCUT2D eigenvalue weighted by Crippen LogP contribution is 2.16. The van der Waals surface area contributed by atoms with Gasteiger partial charge >= 0.3 is 5.97 Å². The van der Waals surface area contributed by atoms with E-state index in [0.29, 0.717) is 11.1 Å². The van der Waals surface area contributed by atoms with Gasteiger partial charge in [0, 0.05) is 29.9 Å². The highest BCUT2D eigenvalue weighted by Gasteiger charge is 2.12. The Hall–Kier alpha value is -2.56. The van der Waals surface area contributed by atoms with Crippen molar-refractivity contribution in [2.75, 3.05) is 0 Å². The van der Waals surface area contributed by atoms with Gasteiger partial charge in [0.15, 0.2) is 5.78 Å². The number of benzene rings is 1. The lowest BCUT2D eigenvalue weighted by Gasteiger charge is -2.05. The molecule has 0 amide bonds. The summed E-state index contributed by atoms with van der Waals surface area (Å²) in [7, 11) is 0. The van der Waals surface area contributed by atoms with Crippen LogP contribution in [0.25, 0.3) is 0 Å². The molecule has 2 aromatic rings. The third-order valence-electron chi connectivity index (χ3n) is 2.86. The van der Waals surface area contributed by atoms with Crippen molar-refractivity contribution in [3.63, 3.8) is 0 Å². The lowest BCUT2D eigenvalue weighted by molar-refractivity contribution is -0.136. The van der Waals surface area contributed by atoms with E-state index < -0.39 is 11.8 Å². The second-order valence-electron chi connectivity index (χ2n) is 4.26. The van der Waals surface area contributed by atoms with Gasteiger partial charge < -0.3 is 5.11 Å². The summed E-state index contributed by atoms with van der Waals surface area (Å²) in [5.74, 6) is -1.75. The highest BCUT2D eigenvalue weighted by molar-refractivity contribution is 6.08. The zero-order chi connectivity index (χ0) is 14.5. The number of carboxylic acid groups (broad SMARTS) is 1. The maximum atomic E-state index is 13.6. The smallest absolute Gasteiger partial charge is 0.303 e. The van der Waals surface area contributed by atoms with Crippen molar-refractivity contribution in [3.05, 3.63) is 65.2 Å². The Bertz CT molecular complexity index is 641. The second kappa shape index (κ2) is 6.06. The van der Waals surface area contributed by atoms with Crippen LogP contribution in [0.5, 0.6) is 0 Å². The van der Waals surface area contributed by atoms with Crippen LogP contribution in [0.4, 0.5) is 4.39 Å². The molecule has 0 bridgehead atoms. The third kappa shape index (κ3) is 3.26. The predicted molar refractivity (Wildman–Crippen MR) is 70.0 cm³/mol. The molecule has 0 unspecified atom stereocenters. The van der Waals surface area contributed by atoms with E-state index in [9.17, 15) is 14.0 Å². The van der Waals surface area contributed by atoms with E-state index in [1.165, 1.54) is 30.6 Å². The number of aliphatic carboxylic acids is 1. The first kappa shape index (κ1) is 13.9. The fourth-order valence-electron chi connectivity index (χ4n) is 1.82. The minimum atomic E-state index is -1.00. The summed E-state index contributed by atoms with van der Waals surface area (Å²) >= 11 is 0. The van der Waals surface area contributed by atoms with Crippen LogP contribution in [-0.4, -0.2) is 21.8 Å². The standard InChI is InChI=1S/C15H12FNO3/c16-13-3-1-12(9-11(13)2-4-14(18)19)15(20)10-5-7-17-8-6-10/h1,3,5-9H,2,4H2,(H,18,19). The lowest BCUT2D eigenvalue weighted by Crippen LogP contribution is -2.05. The number of halogens is 1. The number of ketones is 1. The molecule has 102 valence electrons. The van der Waals surface area contributed by atoms with Crippen LogP contribution in [-0.2, 0) is 11.2 Å². The Morgan fingerprint density at radius 3 is 2.45 bits per heavy atom. The van der Waals surface area contributed by atoms with E-state index in [1.807, 2.05) is 0 Å². The summed E-state index contributed by atoms with van der Waals surface area (Å²) in [5.41, 5.74) is 1.01. The molecule has 0 aliphatic heterocycles. The molecule has 0 saturated carbocycles. The molecule has 1 heterocycles. The zero-order valence-electron chi connectivity index (χ0n) is 10.5. The van der Waals surface area contributed by atoms with Crippen LogP contribution >= 0.6 is 0 Å². The van der Waals surface area contributed by atoms with E-state index >= 15 is 0 Å². The Labute approximate surface area is 114 Å². The first-order valence-corrected chi connectivity index (χ1v) is 6.03. The van der Waals surface area contributed by atoms with Crippen LogP contribution in [0.1, 0.15) is 27.9 Å². The third-order valence-corrected chi connectivity index (χ3v) is 2.86. The fourth-order valence-corrected chi connectivity index (χ4v) is 1.82. The average Bonchev–Trinajstić information content (AvgIpc) is 2.46. The van der Waals surface area contributed by atoms with Crippen LogP contribution in [0.2, 0.25) is 0 Å². The fraction of sp³-hybridized carbons (Fsp3) is 0.133. The predicted octanol–water partition coefficient (Wildman–Crippen LogP) is 2.47. The summed E-state index contributed by atoms with van der Waals surface area (Å²) in [6, 6.07) is 7.13. The van der Waals surface area contributed by atoms with Gasteiger partial charge in [0.05, 0.1) is 0 Å². The van der Waals surface area contributed by atoms with Gasteiger partial charge in [-0.15, -0.1) is 0 Å². The number of aromatic nitrogens is 1. The molecule has 0 saturated heterocycles. The molecule has 20 heavy (non-hydrogen) atoms. The lowest BCUT2D eigenvalue weighted by atomic mass is 10.00. The Morgan fingerprint density at radius 2 is 1.80 bits per heavy atom. The minimum Gasteiger partial charge on any atom is -0.481 e. The molecular formula is C15H12FNO3. The molecule has 0 radical (unpaired) electrons. The summed E-state index contributed by atoms with van der Waals surface area (Å²) in [4.78, 5) is 26.5. The first-order valence-electron chi connectivity index (χ1n) is 6.03. The highest BCUT2D eigenvalue weighted by atomic mass is 19.1. The van der Waals surface area contributed by atoms with Crippen molar-refractivity contribution in [2.45, 2.75) is 12.8 Å². The van der Waals surface area contributed by atoms with Gasteiger partial charge in [-0.3, -0.25) is 14.6 Å². The van der Waals surface area contributed by atoms with Crippen molar-refractivity contribution >= 4 is 11.8 Å². The molecule has 0 atom stereocenters. The van der Waals surface area contributed by atoms with Gasteiger partial charge in [-0.25, -0.2) is 4.39 Å². The van der Waals surface area contributed by atoms with Gasteiger partial charge in [0.1, 0.15) is 5.82 Å². The molecular weight excluding hydrogens is 261 g/mol. The van der Waals surface area contributed by atoms with E-state index in [4.69, 9.17) is 5.11 Å². The molecule has 0 fully saturated rings. The molecule has 1 aromatic carbocycles. The van der Waals surface area contributed by atoms with Gasteiger partial charge in [0.25, 0.3) is 0 Å². The van der Waals surface area contributed by atoms with E-state index in [-0.39, 0.29) is 24.2 Å². The molecule has 4 nitrogen and oxygen atoms in total. The SMILES string of the molecule is O=C(O)CCc1cc(C(=O)c2ccncc2)ccc1F. The molecule has 0 aliphatic carbocycles. The Balaban J connectivity index is 2.27. The molecule has 0 spiro atoms. The van der Waals surface area contributed by atoms with Crippen LogP contribution in [0, 0.1) is 5.82 Å². The van der Waals surface area contributed by atoms with Gasteiger partial charge in [0.2, 0.25) is 0 Å². The molecule has 1 N–H and O–H groups in total. The maximum Gasteiger partial charge on any atom is 0.303 e. The summed E-state index contributed by atoms with van der Waals surface area (Å²) in [6.45, 7) is 0. The first-order chi connectivity index (χ1) is 9.58. The van der Waals surface area contributed by atoms with Crippen LogP contribution < -0.4 is 0 Å². The van der Waals surface area contributed by atoms with E-state index in [1.54, 1.807) is 12.1 Å². The van der Waals surface area contributed by atoms with Gasteiger partial charge in [-0.2, -0.15) is 0 Å². The van der Waals surface area contributed by atoms with Gasteiger partial charge in [-0.1, -0.05) is 0 Å². The number of carbonyl (C=O) groups is 2. The number of hydrogen-bond acceptors (Lipinski definition) is 3. The quantitative estimate of drug-likeness (QED) is 0.850. The largest absolute Gasteiger partial charge is 0.481 e. The average molecular weight is 273 g/mol. The number of pyridine rings is 1. The normalized spacial score (nSPS) is 10.2. The number of nitrogens with zero attached hydrogens (tertiary/aromatic N) is 1. The van der Waals surface area contributed by atoms with Crippen molar-refractivity contribution in [2.24, 2.45) is 0 Å². The van der Waals surface area contributed by atoms with E-state index in [0.717, 1.165) is 0 Å². The Kier molecular flexibility index (Phi) is 4.20. The monoisotopic (exact) mass is 273 g/mol. The summed E-state index contributed by atoms with van der Waals surface area (Å²) in [6.07, 6.45) is 2.88. The topological polar surface area (TPSA) is 67.3 Å². The number of rotatable bonds is 5. The molecule has 0 aliphatic rings.